The van der Waals surface area contributed by atoms with Gasteiger partial charge in [-0.1, -0.05) is 155 Å². The predicted molar refractivity (Wildman–Crippen MR) is 177 cm³/mol. The fraction of sp³-hybridized carbons (Fsp3) is 0.944. The number of ether oxygens (including phenoxy) is 2. The highest BCUT2D eigenvalue weighted by molar-refractivity contribution is 5.70. The highest BCUT2D eigenvalue weighted by Crippen LogP contribution is 2.16. The van der Waals surface area contributed by atoms with Crippen LogP contribution in [0.2, 0.25) is 0 Å². The number of aliphatic hydroxyl groups is 4. The normalized spacial score (nSPS) is 14.2. The molecule has 0 aromatic rings. The van der Waals surface area contributed by atoms with Gasteiger partial charge in [-0.2, -0.15) is 0 Å². The number of rotatable bonds is 33. The number of esters is 2. The van der Waals surface area contributed by atoms with E-state index in [4.69, 9.17) is 14.6 Å². The summed E-state index contributed by atoms with van der Waals surface area (Å²) >= 11 is 0. The maximum Gasteiger partial charge on any atom is 0.306 e. The van der Waals surface area contributed by atoms with Gasteiger partial charge < -0.3 is 29.9 Å². The average Bonchev–Trinajstić information content (AvgIpc) is 3.02. The van der Waals surface area contributed by atoms with Crippen molar-refractivity contribution in [1.29, 1.82) is 0 Å². The Kier molecular flexibility index (Phi) is 30.9. The molecule has 44 heavy (non-hydrogen) atoms. The lowest BCUT2D eigenvalue weighted by Gasteiger charge is -2.28. The third-order valence-corrected chi connectivity index (χ3v) is 8.47. The molecule has 0 amide bonds. The zero-order valence-corrected chi connectivity index (χ0v) is 28.5. The molecule has 0 bridgehead atoms. The third-order valence-electron chi connectivity index (χ3n) is 8.47. The van der Waals surface area contributed by atoms with Crippen LogP contribution in [0.25, 0.3) is 0 Å². The van der Waals surface area contributed by atoms with Gasteiger partial charge >= 0.3 is 11.9 Å². The molecule has 4 atom stereocenters. The molecule has 8 nitrogen and oxygen atoms in total. The van der Waals surface area contributed by atoms with Crippen LogP contribution in [0.5, 0.6) is 0 Å². The van der Waals surface area contributed by atoms with Crippen LogP contribution in [0.3, 0.4) is 0 Å². The molecule has 0 saturated carbocycles. The standard InChI is InChI=1S/C36H70O8/c1-3-5-7-9-11-13-14-15-16-17-18-20-22-24-26-28-34(40)44-32(36(42)35(41)31(38)29-37)30-43-33(39)27-25-23-21-19-12-10-8-6-4-2/h31-32,35-38,41-42H,3-30H2,1-2H3/t31-,32+,35-,36-/m1/s1. The Labute approximate surface area is 269 Å². The lowest BCUT2D eigenvalue weighted by molar-refractivity contribution is -0.178. The molecule has 0 aliphatic heterocycles. The second-order valence-corrected chi connectivity index (χ2v) is 12.7. The van der Waals surface area contributed by atoms with E-state index in [1.165, 1.54) is 103 Å². The van der Waals surface area contributed by atoms with Gasteiger partial charge in [0.25, 0.3) is 0 Å². The summed E-state index contributed by atoms with van der Waals surface area (Å²) < 4.78 is 10.6. The molecule has 4 N–H and O–H groups in total. The molecule has 0 aromatic carbocycles. The summed E-state index contributed by atoms with van der Waals surface area (Å²) in [7, 11) is 0. The summed E-state index contributed by atoms with van der Waals surface area (Å²) in [4.78, 5) is 24.7. The number of unbranched alkanes of at least 4 members (excludes halogenated alkanes) is 22. The van der Waals surface area contributed by atoms with Crippen LogP contribution < -0.4 is 0 Å². The van der Waals surface area contributed by atoms with Crippen molar-refractivity contribution in [1.82, 2.24) is 0 Å². The number of carbonyl (C=O) groups excluding carboxylic acids is 2. The van der Waals surface area contributed by atoms with Crippen LogP contribution >= 0.6 is 0 Å². The summed E-state index contributed by atoms with van der Waals surface area (Å²) in [6, 6.07) is 0. The second-order valence-electron chi connectivity index (χ2n) is 12.7. The molecule has 0 saturated heterocycles. The Bertz CT molecular complexity index is 644. The predicted octanol–water partition coefficient (Wildman–Crippen LogP) is 7.70. The molecular formula is C36H70O8. The molecule has 8 heteroatoms. The van der Waals surface area contributed by atoms with Crippen LogP contribution in [0.4, 0.5) is 0 Å². The van der Waals surface area contributed by atoms with Crippen molar-refractivity contribution in [2.75, 3.05) is 13.2 Å². The Morgan fingerprint density at radius 2 is 0.841 bits per heavy atom. The lowest BCUT2D eigenvalue weighted by atomic mass is 10.0. The van der Waals surface area contributed by atoms with Crippen LogP contribution in [-0.2, 0) is 19.1 Å². The number of aliphatic hydroxyl groups excluding tert-OH is 4. The fourth-order valence-corrected chi connectivity index (χ4v) is 5.45. The molecule has 0 unspecified atom stereocenters. The smallest absolute Gasteiger partial charge is 0.306 e. The van der Waals surface area contributed by atoms with Gasteiger partial charge in [-0.15, -0.1) is 0 Å². The molecule has 0 aliphatic carbocycles. The summed E-state index contributed by atoms with van der Waals surface area (Å²) in [5.74, 6) is -1.01. The van der Waals surface area contributed by atoms with E-state index in [0.29, 0.717) is 12.8 Å². The molecule has 0 aliphatic rings. The molecule has 0 rings (SSSR count). The van der Waals surface area contributed by atoms with Crippen molar-refractivity contribution in [3.05, 3.63) is 0 Å². The van der Waals surface area contributed by atoms with Gasteiger partial charge in [0.15, 0.2) is 6.10 Å². The van der Waals surface area contributed by atoms with E-state index in [0.717, 1.165) is 38.5 Å². The van der Waals surface area contributed by atoms with E-state index in [9.17, 15) is 24.9 Å². The average molecular weight is 631 g/mol. The van der Waals surface area contributed by atoms with E-state index in [-0.39, 0.29) is 12.8 Å². The van der Waals surface area contributed by atoms with Crippen LogP contribution in [0.15, 0.2) is 0 Å². The first-order chi connectivity index (χ1) is 21.4. The van der Waals surface area contributed by atoms with E-state index >= 15 is 0 Å². The zero-order chi connectivity index (χ0) is 32.7. The van der Waals surface area contributed by atoms with Crippen molar-refractivity contribution in [2.45, 2.75) is 205 Å². The second kappa shape index (κ2) is 31.7. The van der Waals surface area contributed by atoms with Gasteiger partial charge in [0.2, 0.25) is 0 Å². The maximum absolute atomic E-state index is 12.5. The highest BCUT2D eigenvalue weighted by atomic mass is 16.6. The summed E-state index contributed by atoms with van der Waals surface area (Å²) in [5, 5.41) is 39.5. The topological polar surface area (TPSA) is 134 Å². The van der Waals surface area contributed by atoms with Gasteiger partial charge in [0.1, 0.15) is 24.9 Å². The quantitative estimate of drug-likeness (QED) is 0.0428. The first-order valence-corrected chi connectivity index (χ1v) is 18.4. The van der Waals surface area contributed by atoms with Crippen molar-refractivity contribution in [3.63, 3.8) is 0 Å². The van der Waals surface area contributed by atoms with Crippen LogP contribution in [0, 0.1) is 0 Å². The van der Waals surface area contributed by atoms with Gasteiger partial charge in [0, 0.05) is 12.8 Å². The monoisotopic (exact) mass is 631 g/mol. The minimum atomic E-state index is -1.75. The van der Waals surface area contributed by atoms with E-state index in [1.807, 2.05) is 0 Å². The summed E-state index contributed by atoms with van der Waals surface area (Å²) in [5.41, 5.74) is 0. The summed E-state index contributed by atoms with van der Waals surface area (Å²) in [6.45, 7) is 3.27. The Morgan fingerprint density at radius 3 is 1.20 bits per heavy atom. The van der Waals surface area contributed by atoms with Gasteiger partial charge in [0.05, 0.1) is 6.61 Å². The fourth-order valence-electron chi connectivity index (χ4n) is 5.45. The van der Waals surface area contributed by atoms with Crippen molar-refractivity contribution >= 4 is 11.9 Å². The number of hydrogen-bond donors (Lipinski definition) is 4. The van der Waals surface area contributed by atoms with E-state index in [1.54, 1.807) is 0 Å². The maximum atomic E-state index is 12.5. The Hall–Kier alpha value is -1.22. The third kappa shape index (κ3) is 26.0. The van der Waals surface area contributed by atoms with Gasteiger partial charge in [-0.25, -0.2) is 0 Å². The van der Waals surface area contributed by atoms with Crippen molar-refractivity contribution in [2.24, 2.45) is 0 Å². The largest absolute Gasteiger partial charge is 0.462 e. The minimum absolute atomic E-state index is 0.159. The van der Waals surface area contributed by atoms with E-state index in [2.05, 4.69) is 13.8 Å². The SMILES string of the molecule is CCCCCCCCCCCCCCCCCC(=O)O[C@@H](COC(=O)CCCCCCCCCCC)[C@@H](O)[C@H](O)[C@H](O)CO. The molecule has 0 heterocycles. The Balaban J connectivity index is 4.19. The number of carbonyl (C=O) groups is 2. The van der Waals surface area contributed by atoms with Gasteiger partial charge in [-0.3, -0.25) is 9.59 Å². The van der Waals surface area contributed by atoms with Crippen LogP contribution in [0.1, 0.15) is 181 Å². The first-order valence-electron chi connectivity index (χ1n) is 18.4. The molecule has 0 aromatic heterocycles. The van der Waals surface area contributed by atoms with Crippen molar-refractivity contribution in [3.8, 4) is 0 Å². The molecular weight excluding hydrogens is 560 g/mol. The number of hydrogen-bond acceptors (Lipinski definition) is 8. The highest BCUT2D eigenvalue weighted by Gasteiger charge is 2.34. The molecule has 262 valence electrons. The minimum Gasteiger partial charge on any atom is -0.462 e. The molecule has 0 spiro atoms. The Morgan fingerprint density at radius 1 is 0.500 bits per heavy atom. The van der Waals surface area contributed by atoms with Gasteiger partial charge in [-0.05, 0) is 12.8 Å². The molecule has 0 radical (unpaired) electrons. The zero-order valence-electron chi connectivity index (χ0n) is 28.5. The lowest BCUT2D eigenvalue weighted by Crippen LogP contribution is -2.49. The van der Waals surface area contributed by atoms with E-state index < -0.39 is 49.6 Å². The molecule has 0 fully saturated rings. The first kappa shape index (κ1) is 42.8. The van der Waals surface area contributed by atoms with Crippen LogP contribution in [-0.4, -0.2) is 70.0 Å². The summed E-state index contributed by atoms with van der Waals surface area (Å²) in [6.07, 6.45) is 22.5. The van der Waals surface area contributed by atoms with Crippen molar-refractivity contribution < 1.29 is 39.5 Å².